The van der Waals surface area contributed by atoms with Gasteiger partial charge in [0.25, 0.3) is 0 Å². The smallest absolute Gasteiger partial charge is 0.0669 e. The van der Waals surface area contributed by atoms with Crippen molar-refractivity contribution in [3.8, 4) is 0 Å². The van der Waals surface area contributed by atoms with Gasteiger partial charge in [-0.3, -0.25) is 0 Å². The summed E-state index contributed by atoms with van der Waals surface area (Å²) >= 11 is 0. The molecule has 2 nitrogen and oxygen atoms in total. The highest BCUT2D eigenvalue weighted by atomic mass is 16.3. The van der Waals surface area contributed by atoms with Gasteiger partial charge in [0.05, 0.1) is 6.10 Å². The third-order valence-electron chi connectivity index (χ3n) is 3.92. The molecule has 0 heterocycles. The first-order valence-electron chi connectivity index (χ1n) is 7.25. The molecule has 0 aliphatic heterocycles. The summed E-state index contributed by atoms with van der Waals surface area (Å²) in [6, 6.07) is 14.7. The minimum Gasteiger partial charge on any atom is -0.392 e. The lowest BCUT2D eigenvalue weighted by Gasteiger charge is -2.34. The van der Waals surface area contributed by atoms with Crippen LogP contribution in [0.1, 0.15) is 32.3 Å². The molecule has 0 radical (unpaired) electrons. The maximum absolute atomic E-state index is 10.7. The molecule has 0 bridgehead atoms. The zero-order valence-electron chi connectivity index (χ0n) is 12.9. The van der Waals surface area contributed by atoms with Crippen LogP contribution in [0.15, 0.2) is 42.5 Å². The van der Waals surface area contributed by atoms with E-state index in [-0.39, 0.29) is 17.4 Å². The molecule has 20 heavy (non-hydrogen) atoms. The zero-order chi connectivity index (χ0) is 14.8. The minimum atomic E-state index is -0.388. The van der Waals surface area contributed by atoms with Crippen LogP contribution in [0.3, 0.4) is 0 Å². The Morgan fingerprint density at radius 1 is 1.05 bits per heavy atom. The molecule has 0 aliphatic carbocycles. The summed E-state index contributed by atoms with van der Waals surface area (Å²) < 4.78 is 0. The van der Waals surface area contributed by atoms with E-state index in [2.05, 4.69) is 68.6 Å². The van der Waals surface area contributed by atoms with Gasteiger partial charge in [0, 0.05) is 12.5 Å². The van der Waals surface area contributed by atoms with Crippen molar-refractivity contribution in [2.24, 2.45) is 5.41 Å². The van der Waals surface area contributed by atoms with E-state index in [9.17, 15) is 5.11 Å². The molecule has 2 heteroatoms. The lowest BCUT2D eigenvalue weighted by atomic mass is 9.77. The van der Waals surface area contributed by atoms with Gasteiger partial charge >= 0.3 is 0 Å². The number of likely N-dealkylation sites (N-methyl/N-ethyl adjacent to an activating group) is 1. The first kappa shape index (κ1) is 15.0. The Labute approximate surface area is 121 Å². The van der Waals surface area contributed by atoms with Gasteiger partial charge in [0.2, 0.25) is 0 Å². The van der Waals surface area contributed by atoms with Gasteiger partial charge in [-0.1, -0.05) is 63.2 Å². The topological polar surface area (TPSA) is 32.3 Å². The Hall–Kier alpha value is -1.38. The first-order valence-corrected chi connectivity index (χ1v) is 7.25. The third kappa shape index (κ3) is 3.02. The van der Waals surface area contributed by atoms with Crippen LogP contribution < -0.4 is 5.32 Å². The van der Waals surface area contributed by atoms with E-state index in [1.54, 1.807) is 0 Å². The standard InChI is InChI=1S/C18H25NO/c1-18(2,3)17(20)16(12-19-4)15-11-7-9-13-8-5-6-10-14(13)15/h5-11,16-17,19-20H,12H2,1-4H3/t16-,17-/m1/s1. The molecule has 0 saturated carbocycles. The van der Waals surface area contributed by atoms with Crippen molar-refractivity contribution in [1.29, 1.82) is 0 Å². The van der Waals surface area contributed by atoms with Crippen LogP contribution in [0.2, 0.25) is 0 Å². The number of nitrogens with one attached hydrogen (secondary N) is 1. The fraction of sp³-hybridized carbons (Fsp3) is 0.444. The summed E-state index contributed by atoms with van der Waals surface area (Å²) in [5.74, 6) is 0.0890. The second-order valence-corrected chi connectivity index (χ2v) is 6.54. The molecule has 0 fully saturated rings. The molecule has 2 aromatic carbocycles. The van der Waals surface area contributed by atoms with Gasteiger partial charge in [-0.05, 0) is 28.8 Å². The molecule has 0 unspecified atom stereocenters. The number of hydrogen-bond acceptors (Lipinski definition) is 2. The van der Waals surface area contributed by atoms with Crippen molar-refractivity contribution in [2.45, 2.75) is 32.8 Å². The molecule has 0 amide bonds. The minimum absolute atomic E-state index is 0.0890. The molecule has 108 valence electrons. The Morgan fingerprint density at radius 2 is 1.70 bits per heavy atom. The molecule has 2 N–H and O–H groups in total. The van der Waals surface area contributed by atoms with Crippen LogP contribution in [0, 0.1) is 5.41 Å². The molecule has 0 aromatic heterocycles. The fourth-order valence-corrected chi connectivity index (χ4v) is 2.79. The van der Waals surface area contributed by atoms with Crippen LogP contribution in [0.4, 0.5) is 0 Å². The lowest BCUT2D eigenvalue weighted by Crippen LogP contribution is -2.37. The third-order valence-corrected chi connectivity index (χ3v) is 3.92. The quantitative estimate of drug-likeness (QED) is 0.891. The maximum atomic E-state index is 10.7. The van der Waals surface area contributed by atoms with E-state index in [1.807, 2.05) is 7.05 Å². The predicted molar refractivity (Wildman–Crippen MR) is 86.1 cm³/mol. The summed E-state index contributed by atoms with van der Waals surface area (Å²) in [7, 11) is 1.94. The molecular formula is C18H25NO. The molecule has 0 saturated heterocycles. The first-order chi connectivity index (χ1) is 9.45. The summed E-state index contributed by atoms with van der Waals surface area (Å²) in [5.41, 5.74) is 1.08. The van der Waals surface area contributed by atoms with Crippen molar-refractivity contribution in [3.05, 3.63) is 48.0 Å². The van der Waals surface area contributed by atoms with Crippen LogP contribution in [0.25, 0.3) is 10.8 Å². The summed E-state index contributed by atoms with van der Waals surface area (Å²) in [6.45, 7) is 7.04. The number of rotatable bonds is 4. The van der Waals surface area contributed by atoms with E-state index in [1.165, 1.54) is 16.3 Å². The molecule has 0 aliphatic rings. The van der Waals surface area contributed by atoms with Gasteiger partial charge in [0.1, 0.15) is 0 Å². The summed E-state index contributed by atoms with van der Waals surface area (Å²) in [4.78, 5) is 0. The second kappa shape index (κ2) is 5.94. The average Bonchev–Trinajstić information content (AvgIpc) is 2.42. The summed E-state index contributed by atoms with van der Waals surface area (Å²) in [5, 5.41) is 16.4. The zero-order valence-corrected chi connectivity index (χ0v) is 12.9. The van der Waals surface area contributed by atoms with E-state index in [0.717, 1.165) is 6.54 Å². The normalized spacial score (nSPS) is 15.2. The average molecular weight is 271 g/mol. The van der Waals surface area contributed by atoms with Gasteiger partial charge in [0.15, 0.2) is 0 Å². The molecule has 0 spiro atoms. The van der Waals surface area contributed by atoms with E-state index < -0.39 is 0 Å². The highest BCUT2D eigenvalue weighted by Crippen LogP contribution is 2.34. The number of hydrogen-bond donors (Lipinski definition) is 2. The number of aliphatic hydroxyl groups excluding tert-OH is 1. The summed E-state index contributed by atoms with van der Waals surface area (Å²) in [6.07, 6.45) is -0.388. The SMILES string of the molecule is CNC[C@H](c1cccc2ccccc12)[C@@H](O)C(C)(C)C. The monoisotopic (exact) mass is 271 g/mol. The van der Waals surface area contributed by atoms with Crippen LogP contribution in [-0.4, -0.2) is 24.8 Å². The predicted octanol–water partition coefficient (Wildman–Crippen LogP) is 3.55. The van der Waals surface area contributed by atoms with Crippen molar-refractivity contribution < 1.29 is 5.11 Å². The van der Waals surface area contributed by atoms with Crippen molar-refractivity contribution in [1.82, 2.24) is 5.32 Å². The molecule has 2 aromatic rings. The Bertz CT molecular complexity index is 566. The van der Waals surface area contributed by atoms with Crippen molar-refractivity contribution in [2.75, 3.05) is 13.6 Å². The number of benzene rings is 2. The second-order valence-electron chi connectivity index (χ2n) is 6.54. The van der Waals surface area contributed by atoms with E-state index in [4.69, 9.17) is 0 Å². The number of fused-ring (bicyclic) bond motifs is 1. The van der Waals surface area contributed by atoms with Gasteiger partial charge in [-0.15, -0.1) is 0 Å². The van der Waals surface area contributed by atoms with Crippen molar-refractivity contribution >= 4 is 10.8 Å². The fourth-order valence-electron chi connectivity index (χ4n) is 2.79. The van der Waals surface area contributed by atoms with Crippen LogP contribution in [0.5, 0.6) is 0 Å². The Kier molecular flexibility index (Phi) is 4.46. The van der Waals surface area contributed by atoms with Crippen LogP contribution in [-0.2, 0) is 0 Å². The van der Waals surface area contributed by atoms with E-state index in [0.29, 0.717) is 0 Å². The highest BCUT2D eigenvalue weighted by Gasteiger charge is 2.31. The van der Waals surface area contributed by atoms with Gasteiger partial charge in [-0.25, -0.2) is 0 Å². The van der Waals surface area contributed by atoms with Crippen molar-refractivity contribution in [3.63, 3.8) is 0 Å². The number of aliphatic hydroxyl groups is 1. The Balaban J connectivity index is 2.52. The molecular weight excluding hydrogens is 246 g/mol. The van der Waals surface area contributed by atoms with Gasteiger partial charge in [-0.2, -0.15) is 0 Å². The highest BCUT2D eigenvalue weighted by molar-refractivity contribution is 5.86. The Morgan fingerprint density at radius 3 is 2.35 bits per heavy atom. The van der Waals surface area contributed by atoms with Crippen LogP contribution >= 0.6 is 0 Å². The maximum Gasteiger partial charge on any atom is 0.0669 e. The largest absolute Gasteiger partial charge is 0.392 e. The molecule has 2 rings (SSSR count). The lowest BCUT2D eigenvalue weighted by molar-refractivity contribution is 0.0393. The van der Waals surface area contributed by atoms with E-state index >= 15 is 0 Å². The molecule has 2 atom stereocenters. The van der Waals surface area contributed by atoms with Gasteiger partial charge < -0.3 is 10.4 Å².